The highest BCUT2D eigenvalue weighted by Crippen LogP contribution is 2.39. The summed E-state index contributed by atoms with van der Waals surface area (Å²) in [5.74, 6) is -0.737. The van der Waals surface area contributed by atoms with E-state index in [0.717, 1.165) is 18.2 Å². The molecule has 3 nitrogen and oxygen atoms in total. The molecule has 0 saturated carbocycles. The number of halogens is 2. The molecule has 5 heteroatoms. The Morgan fingerprint density at radius 3 is 2.70 bits per heavy atom. The van der Waals surface area contributed by atoms with Crippen molar-refractivity contribution in [2.45, 2.75) is 6.92 Å². The largest absolute Gasteiger partial charge is 0.494 e. The Balaban J connectivity index is 2.10. The van der Waals surface area contributed by atoms with Crippen LogP contribution in [0.5, 0.6) is 5.75 Å². The summed E-state index contributed by atoms with van der Waals surface area (Å²) in [4.78, 5) is 13.9. The second-order valence-electron chi connectivity index (χ2n) is 5.20. The highest BCUT2D eigenvalue weighted by molar-refractivity contribution is 6.35. The summed E-state index contributed by atoms with van der Waals surface area (Å²) in [6, 6.07) is 8.43. The summed E-state index contributed by atoms with van der Waals surface area (Å²) in [5, 5.41) is 0. The Hall–Kier alpha value is -2.69. The molecular weight excluding hydrogens is 300 g/mol. The average Bonchev–Trinajstić information content (AvgIpc) is 2.76. The monoisotopic (exact) mass is 315 g/mol. The van der Waals surface area contributed by atoms with Gasteiger partial charge in [0.15, 0.2) is 0 Å². The van der Waals surface area contributed by atoms with E-state index in [1.54, 1.807) is 25.2 Å². The van der Waals surface area contributed by atoms with Gasteiger partial charge in [-0.15, -0.1) is 0 Å². The van der Waals surface area contributed by atoms with Crippen molar-refractivity contribution in [1.82, 2.24) is 0 Å². The molecule has 0 unspecified atom stereocenters. The van der Waals surface area contributed by atoms with Crippen molar-refractivity contribution in [2.24, 2.45) is 0 Å². The molecule has 0 aliphatic carbocycles. The predicted octanol–water partition coefficient (Wildman–Crippen LogP) is 3.88. The summed E-state index contributed by atoms with van der Waals surface area (Å²) < 4.78 is 32.6. The maximum absolute atomic E-state index is 13.8. The lowest BCUT2D eigenvalue weighted by Crippen LogP contribution is -2.20. The Labute approximate surface area is 132 Å². The molecule has 0 aromatic heterocycles. The molecule has 0 radical (unpaired) electrons. The topological polar surface area (TPSA) is 29.5 Å². The van der Waals surface area contributed by atoms with Gasteiger partial charge in [-0.1, -0.05) is 0 Å². The second kappa shape index (κ2) is 5.83. The van der Waals surface area contributed by atoms with Crippen LogP contribution in [0.15, 0.2) is 36.4 Å². The number of carbonyl (C=O) groups excluding carboxylic acids is 1. The minimum Gasteiger partial charge on any atom is -0.494 e. The van der Waals surface area contributed by atoms with Crippen LogP contribution in [0.3, 0.4) is 0 Å². The maximum Gasteiger partial charge on any atom is 0.258 e. The average molecular weight is 315 g/mol. The summed E-state index contributed by atoms with van der Waals surface area (Å²) in [7, 11) is 1.64. The van der Waals surface area contributed by atoms with Crippen LogP contribution >= 0.6 is 0 Å². The Bertz CT molecular complexity index is 815. The summed E-state index contributed by atoms with van der Waals surface area (Å²) in [5.41, 5.74) is 1.73. The molecule has 0 bridgehead atoms. The SMILES string of the molecule is CCOc1ccc2c(c1)N(C)C(=O)/C2=C/c1cc(F)ccc1F. The molecule has 1 aliphatic heterocycles. The molecule has 0 spiro atoms. The summed E-state index contributed by atoms with van der Waals surface area (Å²) in [6.45, 7) is 2.40. The Kier molecular flexibility index (Phi) is 3.86. The van der Waals surface area contributed by atoms with Crippen LogP contribution in [-0.4, -0.2) is 19.6 Å². The Morgan fingerprint density at radius 2 is 1.96 bits per heavy atom. The van der Waals surface area contributed by atoms with Gasteiger partial charge in [0.2, 0.25) is 0 Å². The molecule has 118 valence electrons. The lowest BCUT2D eigenvalue weighted by atomic mass is 10.0. The van der Waals surface area contributed by atoms with Gasteiger partial charge in [0, 0.05) is 29.8 Å². The number of hydrogen-bond acceptors (Lipinski definition) is 2. The van der Waals surface area contributed by atoms with Crippen LogP contribution in [0.2, 0.25) is 0 Å². The second-order valence-corrected chi connectivity index (χ2v) is 5.20. The molecule has 2 aromatic rings. The number of ether oxygens (including phenoxy) is 1. The van der Waals surface area contributed by atoms with Crippen molar-refractivity contribution in [1.29, 1.82) is 0 Å². The molecule has 1 aliphatic rings. The van der Waals surface area contributed by atoms with E-state index in [4.69, 9.17) is 4.74 Å². The fraction of sp³-hybridized carbons (Fsp3) is 0.167. The minimum atomic E-state index is -0.575. The van der Waals surface area contributed by atoms with Gasteiger partial charge in [0.25, 0.3) is 5.91 Å². The van der Waals surface area contributed by atoms with E-state index in [9.17, 15) is 13.6 Å². The minimum absolute atomic E-state index is 0.0449. The number of benzene rings is 2. The van der Waals surface area contributed by atoms with Gasteiger partial charge in [0.1, 0.15) is 17.4 Å². The van der Waals surface area contributed by atoms with Gasteiger partial charge in [-0.25, -0.2) is 8.78 Å². The van der Waals surface area contributed by atoms with E-state index in [0.29, 0.717) is 29.2 Å². The molecule has 0 N–H and O–H groups in total. The smallest absolute Gasteiger partial charge is 0.258 e. The number of amides is 1. The third-order valence-electron chi connectivity index (χ3n) is 3.72. The van der Waals surface area contributed by atoms with Crippen LogP contribution in [0.1, 0.15) is 18.1 Å². The summed E-state index contributed by atoms with van der Waals surface area (Å²) >= 11 is 0. The third kappa shape index (κ3) is 2.70. The van der Waals surface area contributed by atoms with Crippen molar-refractivity contribution in [3.63, 3.8) is 0 Å². The summed E-state index contributed by atoms with van der Waals surface area (Å²) in [6.07, 6.45) is 1.38. The van der Waals surface area contributed by atoms with E-state index in [1.165, 1.54) is 11.0 Å². The first-order chi connectivity index (χ1) is 11.0. The van der Waals surface area contributed by atoms with Crippen molar-refractivity contribution in [3.05, 3.63) is 59.2 Å². The van der Waals surface area contributed by atoms with Crippen LogP contribution in [-0.2, 0) is 4.79 Å². The lowest BCUT2D eigenvalue weighted by molar-refractivity contribution is -0.112. The lowest BCUT2D eigenvalue weighted by Gasteiger charge is -2.10. The number of anilines is 1. The molecule has 1 amide bonds. The van der Waals surface area contributed by atoms with E-state index in [1.807, 2.05) is 6.92 Å². The highest BCUT2D eigenvalue weighted by atomic mass is 19.1. The van der Waals surface area contributed by atoms with Gasteiger partial charge in [0.05, 0.1) is 12.3 Å². The zero-order valence-corrected chi connectivity index (χ0v) is 12.8. The van der Waals surface area contributed by atoms with Crippen LogP contribution in [0.4, 0.5) is 14.5 Å². The number of carbonyl (C=O) groups is 1. The van der Waals surface area contributed by atoms with E-state index < -0.39 is 11.6 Å². The van der Waals surface area contributed by atoms with Gasteiger partial charge in [-0.05, 0) is 43.3 Å². The Morgan fingerprint density at radius 1 is 1.17 bits per heavy atom. The number of hydrogen-bond donors (Lipinski definition) is 0. The van der Waals surface area contributed by atoms with Crippen LogP contribution < -0.4 is 9.64 Å². The van der Waals surface area contributed by atoms with E-state index in [-0.39, 0.29) is 11.5 Å². The van der Waals surface area contributed by atoms with Crippen molar-refractivity contribution >= 4 is 23.2 Å². The van der Waals surface area contributed by atoms with Crippen molar-refractivity contribution < 1.29 is 18.3 Å². The number of likely N-dealkylation sites (N-methyl/N-ethyl adjacent to an activating group) is 1. The number of fused-ring (bicyclic) bond motifs is 1. The van der Waals surface area contributed by atoms with Crippen LogP contribution in [0.25, 0.3) is 11.6 Å². The normalized spacial score (nSPS) is 15.2. The number of rotatable bonds is 3. The first kappa shape index (κ1) is 15.2. The molecule has 23 heavy (non-hydrogen) atoms. The number of nitrogens with zero attached hydrogens (tertiary/aromatic N) is 1. The van der Waals surface area contributed by atoms with Crippen molar-refractivity contribution in [3.8, 4) is 5.75 Å². The van der Waals surface area contributed by atoms with Crippen LogP contribution in [0, 0.1) is 11.6 Å². The molecule has 2 aromatic carbocycles. The van der Waals surface area contributed by atoms with Gasteiger partial charge < -0.3 is 9.64 Å². The highest BCUT2D eigenvalue weighted by Gasteiger charge is 2.30. The fourth-order valence-electron chi connectivity index (χ4n) is 2.60. The predicted molar refractivity (Wildman–Crippen MR) is 85.3 cm³/mol. The quantitative estimate of drug-likeness (QED) is 0.805. The molecule has 1 heterocycles. The zero-order valence-electron chi connectivity index (χ0n) is 12.8. The van der Waals surface area contributed by atoms with E-state index in [2.05, 4.69) is 0 Å². The molecule has 3 rings (SSSR count). The zero-order chi connectivity index (χ0) is 16.6. The van der Waals surface area contributed by atoms with Crippen molar-refractivity contribution in [2.75, 3.05) is 18.6 Å². The standard InChI is InChI=1S/C18H15F2NO2/c1-3-23-13-5-6-14-15(18(22)21(2)17(14)10-13)9-11-8-12(19)4-7-16(11)20/h4-10H,3H2,1-2H3/b15-9+. The molecule has 0 saturated heterocycles. The molecule has 0 atom stereocenters. The van der Waals surface area contributed by atoms with Gasteiger partial charge in [-0.3, -0.25) is 4.79 Å². The molecule has 0 fully saturated rings. The first-order valence-corrected chi connectivity index (χ1v) is 7.23. The maximum atomic E-state index is 13.8. The van der Waals surface area contributed by atoms with Gasteiger partial charge >= 0.3 is 0 Å². The third-order valence-corrected chi connectivity index (χ3v) is 3.72. The first-order valence-electron chi connectivity index (χ1n) is 7.23. The van der Waals surface area contributed by atoms with E-state index >= 15 is 0 Å². The molecular formula is C18H15F2NO2. The van der Waals surface area contributed by atoms with Gasteiger partial charge in [-0.2, -0.15) is 0 Å². The fourth-order valence-corrected chi connectivity index (χ4v) is 2.60.